The maximum absolute atomic E-state index is 11.9. The van der Waals surface area contributed by atoms with Gasteiger partial charge in [0.1, 0.15) is 5.60 Å². The highest BCUT2D eigenvalue weighted by atomic mass is 16.6. The van der Waals surface area contributed by atoms with Crippen LogP contribution in [0.15, 0.2) is 0 Å². The minimum atomic E-state index is -0.481. The summed E-state index contributed by atoms with van der Waals surface area (Å²) in [5, 5.41) is 2.90. The van der Waals surface area contributed by atoms with Crippen molar-refractivity contribution in [3.05, 3.63) is 0 Å². The summed E-state index contributed by atoms with van der Waals surface area (Å²) in [5.41, 5.74) is -0.878. The van der Waals surface area contributed by atoms with Crippen molar-refractivity contribution in [3.8, 4) is 0 Å². The Balaban J connectivity index is 1.84. The molecule has 0 saturated heterocycles. The number of hydrogen-bond acceptors (Lipinski definition) is 3. The summed E-state index contributed by atoms with van der Waals surface area (Å²) in [4.78, 5) is 25.2. The Morgan fingerprint density at radius 1 is 1.17 bits per heavy atom. The van der Waals surface area contributed by atoms with Gasteiger partial charge in [-0.1, -0.05) is 0 Å². The van der Waals surface area contributed by atoms with E-state index in [0.717, 1.165) is 19.3 Å². The van der Waals surface area contributed by atoms with Crippen molar-refractivity contribution in [2.75, 3.05) is 14.1 Å². The molecule has 1 N–H and O–H groups in total. The number of carbonyl (C=O) groups is 2. The lowest BCUT2D eigenvalue weighted by molar-refractivity contribution is -0.187. The summed E-state index contributed by atoms with van der Waals surface area (Å²) in [5.74, 6) is 0.176. The van der Waals surface area contributed by atoms with Gasteiger partial charge in [-0.05, 0) is 40.0 Å². The molecule has 0 aliphatic heterocycles. The quantitative estimate of drug-likeness (QED) is 0.813. The Morgan fingerprint density at radius 3 is 2.06 bits per heavy atom. The van der Waals surface area contributed by atoms with Gasteiger partial charge in [-0.15, -0.1) is 0 Å². The van der Waals surface area contributed by atoms with Gasteiger partial charge in [0, 0.05) is 19.6 Å². The van der Waals surface area contributed by atoms with Crippen molar-refractivity contribution in [1.29, 1.82) is 0 Å². The van der Waals surface area contributed by atoms with Gasteiger partial charge in [0.2, 0.25) is 5.91 Å². The van der Waals surface area contributed by atoms with E-state index in [1.54, 1.807) is 19.0 Å². The highest BCUT2D eigenvalue weighted by Gasteiger charge is 2.72. The number of amides is 2. The number of nitrogens with one attached hydrogen (secondary N) is 1. The van der Waals surface area contributed by atoms with Crippen LogP contribution in [-0.2, 0) is 9.53 Å². The lowest BCUT2D eigenvalue weighted by Crippen LogP contribution is -2.78. The van der Waals surface area contributed by atoms with Crippen LogP contribution in [0.4, 0.5) is 4.79 Å². The van der Waals surface area contributed by atoms with Crippen LogP contribution in [0.3, 0.4) is 0 Å². The number of carbonyl (C=O) groups excluding carboxylic acids is 2. The van der Waals surface area contributed by atoms with Gasteiger partial charge < -0.3 is 15.0 Å². The molecule has 0 unspecified atom stereocenters. The molecular formula is C13H22N2O3. The van der Waals surface area contributed by atoms with Crippen molar-refractivity contribution >= 4 is 12.0 Å². The second kappa shape index (κ2) is 3.62. The lowest BCUT2D eigenvalue weighted by Gasteiger charge is -2.69. The predicted molar refractivity (Wildman–Crippen MR) is 67.1 cm³/mol. The van der Waals surface area contributed by atoms with Crippen molar-refractivity contribution in [3.63, 3.8) is 0 Å². The van der Waals surface area contributed by atoms with Gasteiger partial charge >= 0.3 is 6.09 Å². The number of hydrogen-bond donors (Lipinski definition) is 1. The minimum Gasteiger partial charge on any atom is -0.444 e. The molecule has 3 saturated carbocycles. The summed E-state index contributed by atoms with van der Waals surface area (Å²) in [6.07, 6.45) is 1.86. The van der Waals surface area contributed by atoms with Crippen molar-refractivity contribution in [2.24, 2.45) is 5.41 Å². The molecule has 2 amide bonds. The molecule has 0 aromatic rings. The fraction of sp³-hybridized carbons (Fsp3) is 0.846. The maximum atomic E-state index is 11.9. The first-order valence-electron chi connectivity index (χ1n) is 6.31. The number of rotatable bonds is 2. The third-order valence-corrected chi connectivity index (χ3v) is 3.66. The highest BCUT2D eigenvalue weighted by molar-refractivity contribution is 5.87. The Kier molecular flexibility index (Phi) is 2.65. The van der Waals surface area contributed by atoms with Gasteiger partial charge in [0.05, 0.1) is 5.41 Å². The van der Waals surface area contributed by atoms with Gasteiger partial charge in [0.25, 0.3) is 0 Å². The Morgan fingerprint density at radius 2 is 1.67 bits per heavy atom. The lowest BCUT2D eigenvalue weighted by atomic mass is 9.39. The van der Waals surface area contributed by atoms with E-state index in [4.69, 9.17) is 4.74 Å². The SMILES string of the molecule is CN(C)C(=O)C12CC(NC(=O)OC(C)(C)C)(C1)C2. The second-order valence-corrected chi connectivity index (χ2v) is 6.92. The Labute approximate surface area is 108 Å². The molecule has 0 spiro atoms. The highest BCUT2D eigenvalue weighted by Crippen LogP contribution is 2.67. The zero-order chi connectivity index (χ0) is 13.8. The predicted octanol–water partition coefficient (Wildman–Crippen LogP) is 1.52. The Hall–Kier alpha value is -1.26. The average molecular weight is 254 g/mol. The first-order chi connectivity index (χ1) is 8.08. The van der Waals surface area contributed by atoms with E-state index in [2.05, 4.69) is 5.32 Å². The van der Waals surface area contributed by atoms with Crippen LogP contribution in [0, 0.1) is 5.41 Å². The first-order valence-corrected chi connectivity index (χ1v) is 6.31. The van der Waals surface area contributed by atoms with E-state index < -0.39 is 5.60 Å². The van der Waals surface area contributed by atoms with E-state index in [9.17, 15) is 9.59 Å². The maximum Gasteiger partial charge on any atom is 0.408 e. The molecule has 0 radical (unpaired) electrons. The molecule has 0 atom stereocenters. The molecule has 102 valence electrons. The molecule has 3 aliphatic rings. The van der Waals surface area contributed by atoms with E-state index in [-0.39, 0.29) is 23.0 Å². The zero-order valence-corrected chi connectivity index (χ0v) is 11.8. The van der Waals surface area contributed by atoms with Crippen LogP contribution in [0.5, 0.6) is 0 Å². The molecule has 0 aromatic heterocycles. The average Bonchev–Trinajstić information content (AvgIpc) is 2.04. The van der Waals surface area contributed by atoms with Crippen LogP contribution < -0.4 is 5.32 Å². The summed E-state index contributed by atoms with van der Waals surface area (Å²) in [6.45, 7) is 5.52. The van der Waals surface area contributed by atoms with Crippen LogP contribution in [0.1, 0.15) is 40.0 Å². The summed E-state index contributed by atoms with van der Waals surface area (Å²) in [7, 11) is 3.55. The Bertz CT molecular complexity index is 376. The summed E-state index contributed by atoms with van der Waals surface area (Å²) >= 11 is 0. The van der Waals surface area contributed by atoms with E-state index in [0.29, 0.717) is 0 Å². The van der Waals surface area contributed by atoms with Crippen LogP contribution in [0.25, 0.3) is 0 Å². The van der Waals surface area contributed by atoms with E-state index in [1.807, 2.05) is 20.8 Å². The van der Waals surface area contributed by atoms with Crippen LogP contribution >= 0.6 is 0 Å². The van der Waals surface area contributed by atoms with Gasteiger partial charge in [-0.25, -0.2) is 4.79 Å². The van der Waals surface area contributed by atoms with Crippen molar-refractivity contribution in [2.45, 2.75) is 51.2 Å². The third-order valence-electron chi connectivity index (χ3n) is 3.66. The second-order valence-electron chi connectivity index (χ2n) is 6.92. The van der Waals surface area contributed by atoms with Gasteiger partial charge in [-0.2, -0.15) is 0 Å². The molecule has 3 rings (SSSR count). The van der Waals surface area contributed by atoms with E-state index >= 15 is 0 Å². The molecule has 3 fully saturated rings. The van der Waals surface area contributed by atoms with Crippen LogP contribution in [0.2, 0.25) is 0 Å². The zero-order valence-electron chi connectivity index (χ0n) is 11.8. The molecule has 2 bridgehead atoms. The molecule has 5 nitrogen and oxygen atoms in total. The van der Waals surface area contributed by atoms with Crippen LogP contribution in [-0.4, -0.2) is 42.1 Å². The van der Waals surface area contributed by atoms with Crippen molar-refractivity contribution < 1.29 is 14.3 Å². The minimum absolute atomic E-state index is 0.176. The topological polar surface area (TPSA) is 58.6 Å². The molecule has 5 heteroatoms. The van der Waals surface area contributed by atoms with Gasteiger partial charge in [-0.3, -0.25) is 4.79 Å². The van der Waals surface area contributed by atoms with Gasteiger partial charge in [0.15, 0.2) is 0 Å². The molecule has 18 heavy (non-hydrogen) atoms. The summed E-state index contributed by atoms with van der Waals surface area (Å²) < 4.78 is 5.23. The molecule has 3 aliphatic carbocycles. The fourth-order valence-corrected chi connectivity index (χ4v) is 3.14. The molecule has 0 aromatic carbocycles. The number of ether oxygens (including phenoxy) is 1. The summed E-state index contributed by atoms with van der Waals surface area (Å²) in [6, 6.07) is 0. The smallest absolute Gasteiger partial charge is 0.408 e. The fourth-order valence-electron chi connectivity index (χ4n) is 3.14. The first kappa shape index (κ1) is 13.2. The standard InChI is InChI=1S/C13H22N2O3/c1-11(2,3)18-10(17)14-13-6-12(7-13,8-13)9(16)15(4)5/h6-8H2,1-5H3,(H,14,17). The molecule has 0 heterocycles. The third kappa shape index (κ3) is 2.06. The van der Waals surface area contributed by atoms with E-state index in [1.165, 1.54) is 0 Å². The number of alkyl carbamates (subject to hydrolysis) is 1. The normalized spacial score (nSPS) is 32.9. The molecular weight excluding hydrogens is 232 g/mol. The van der Waals surface area contributed by atoms with Crippen molar-refractivity contribution in [1.82, 2.24) is 10.2 Å². The monoisotopic (exact) mass is 254 g/mol. The largest absolute Gasteiger partial charge is 0.444 e. The number of nitrogens with zero attached hydrogens (tertiary/aromatic N) is 1.